The number of rotatable bonds is 1. The predicted octanol–water partition coefficient (Wildman–Crippen LogP) is 0.899. The van der Waals surface area contributed by atoms with Crippen LogP contribution in [0.5, 0.6) is 0 Å². The van der Waals surface area contributed by atoms with E-state index in [1.807, 2.05) is 5.10 Å². The van der Waals surface area contributed by atoms with Gasteiger partial charge >= 0.3 is 5.97 Å². The lowest BCUT2D eigenvalue weighted by Gasteiger charge is -2.00. The third-order valence-corrected chi connectivity index (χ3v) is 2.04. The minimum atomic E-state index is -1.53. The first kappa shape index (κ1) is 10.2. The average Bonchev–Trinajstić information content (AvgIpc) is 2.23. The van der Waals surface area contributed by atoms with E-state index < -0.39 is 34.2 Å². The third kappa shape index (κ3) is 1.33. The Balaban J connectivity index is 2.93. The molecule has 1 aromatic carbocycles. The highest BCUT2D eigenvalue weighted by atomic mass is 19.2. The number of fused-ring (bicyclic) bond motifs is 1. The van der Waals surface area contributed by atoms with Crippen LogP contribution in [0.25, 0.3) is 10.9 Å². The van der Waals surface area contributed by atoms with Crippen molar-refractivity contribution in [1.29, 1.82) is 0 Å². The van der Waals surface area contributed by atoms with Crippen LogP contribution in [0.4, 0.5) is 8.78 Å². The van der Waals surface area contributed by atoms with Crippen molar-refractivity contribution in [2.75, 3.05) is 0 Å². The summed E-state index contributed by atoms with van der Waals surface area (Å²) in [5.74, 6) is -3.94. The Hall–Kier alpha value is -2.31. The molecule has 16 heavy (non-hydrogen) atoms. The molecule has 0 unspecified atom stereocenters. The van der Waals surface area contributed by atoms with Gasteiger partial charge in [0, 0.05) is 0 Å². The molecule has 0 aliphatic rings. The molecule has 0 fully saturated rings. The maximum Gasteiger partial charge on any atom is 0.360 e. The summed E-state index contributed by atoms with van der Waals surface area (Å²) in [4.78, 5) is 22.0. The van der Waals surface area contributed by atoms with Crippen molar-refractivity contribution in [3.63, 3.8) is 0 Å². The molecule has 2 rings (SSSR count). The van der Waals surface area contributed by atoms with Gasteiger partial charge in [0.05, 0.1) is 5.39 Å². The fourth-order valence-corrected chi connectivity index (χ4v) is 1.28. The highest BCUT2D eigenvalue weighted by Gasteiger charge is 2.16. The number of halogens is 2. The van der Waals surface area contributed by atoms with Gasteiger partial charge in [0.1, 0.15) is 5.52 Å². The van der Waals surface area contributed by atoms with E-state index in [-0.39, 0.29) is 5.39 Å². The molecule has 2 N–H and O–H groups in total. The molecule has 0 aliphatic heterocycles. The molecular formula is C9H4F2N2O3. The second-order valence-electron chi connectivity index (χ2n) is 2.99. The van der Waals surface area contributed by atoms with Crippen LogP contribution in [0.2, 0.25) is 0 Å². The monoisotopic (exact) mass is 226 g/mol. The quantitative estimate of drug-likeness (QED) is 0.756. The van der Waals surface area contributed by atoms with Crippen LogP contribution >= 0.6 is 0 Å². The van der Waals surface area contributed by atoms with Gasteiger partial charge in [0.25, 0.3) is 0 Å². The lowest BCUT2D eigenvalue weighted by Crippen LogP contribution is -2.19. The first-order valence-electron chi connectivity index (χ1n) is 4.12. The van der Waals surface area contributed by atoms with Crippen LogP contribution in [0.1, 0.15) is 10.5 Å². The normalized spacial score (nSPS) is 10.6. The minimum absolute atomic E-state index is 0.258. The van der Waals surface area contributed by atoms with Crippen molar-refractivity contribution in [3.05, 3.63) is 39.7 Å². The summed E-state index contributed by atoms with van der Waals surface area (Å²) >= 11 is 0. The molecule has 0 saturated heterocycles. The Labute approximate surface area is 86.3 Å². The van der Waals surface area contributed by atoms with Crippen LogP contribution < -0.4 is 5.43 Å². The topological polar surface area (TPSA) is 83.0 Å². The van der Waals surface area contributed by atoms with Gasteiger partial charge in [0.2, 0.25) is 11.1 Å². The molecule has 0 spiro atoms. The number of hydrogen-bond acceptors (Lipinski definition) is 3. The highest BCUT2D eigenvalue weighted by molar-refractivity contribution is 5.90. The molecule has 7 heteroatoms. The Morgan fingerprint density at radius 1 is 1.38 bits per heavy atom. The van der Waals surface area contributed by atoms with E-state index in [0.717, 1.165) is 12.1 Å². The molecule has 0 saturated carbocycles. The van der Waals surface area contributed by atoms with Gasteiger partial charge in [-0.25, -0.2) is 13.6 Å². The van der Waals surface area contributed by atoms with Crippen LogP contribution in [0, 0.1) is 11.6 Å². The van der Waals surface area contributed by atoms with Crippen LogP contribution in [0.3, 0.4) is 0 Å². The Morgan fingerprint density at radius 2 is 2.06 bits per heavy atom. The van der Waals surface area contributed by atoms with Crippen LogP contribution in [-0.4, -0.2) is 21.3 Å². The molecule has 0 aliphatic carbocycles. The number of carboxylic acids is 1. The second-order valence-corrected chi connectivity index (χ2v) is 2.99. The highest BCUT2D eigenvalue weighted by Crippen LogP contribution is 2.14. The minimum Gasteiger partial charge on any atom is -0.476 e. The van der Waals surface area contributed by atoms with E-state index in [0.29, 0.717) is 0 Å². The number of nitrogens with zero attached hydrogens (tertiary/aromatic N) is 1. The van der Waals surface area contributed by atoms with Crippen molar-refractivity contribution in [1.82, 2.24) is 10.2 Å². The zero-order valence-electron chi connectivity index (χ0n) is 7.62. The molecule has 2 aromatic rings. The van der Waals surface area contributed by atoms with E-state index in [4.69, 9.17) is 5.11 Å². The molecule has 1 heterocycles. The summed E-state index contributed by atoms with van der Waals surface area (Å²) in [6.45, 7) is 0. The molecule has 0 radical (unpaired) electrons. The molecule has 0 amide bonds. The molecule has 0 bridgehead atoms. The largest absolute Gasteiger partial charge is 0.476 e. The zero-order chi connectivity index (χ0) is 11.9. The number of nitrogens with one attached hydrogen (secondary N) is 1. The van der Waals surface area contributed by atoms with Gasteiger partial charge in [-0.05, 0) is 12.1 Å². The van der Waals surface area contributed by atoms with Crippen molar-refractivity contribution < 1.29 is 18.7 Å². The zero-order valence-corrected chi connectivity index (χ0v) is 7.62. The molecule has 5 nitrogen and oxygen atoms in total. The predicted molar refractivity (Wildman–Crippen MR) is 49.2 cm³/mol. The van der Waals surface area contributed by atoms with E-state index in [9.17, 15) is 18.4 Å². The first-order chi connectivity index (χ1) is 7.52. The van der Waals surface area contributed by atoms with Crippen LogP contribution in [-0.2, 0) is 0 Å². The lowest BCUT2D eigenvalue weighted by molar-refractivity contribution is 0.0688. The fraction of sp³-hybridized carbons (Fsp3) is 0. The average molecular weight is 226 g/mol. The number of carboxylic acid groups (broad SMARTS) is 1. The number of aromatic amines is 1. The number of aromatic carboxylic acids is 1. The second kappa shape index (κ2) is 3.37. The van der Waals surface area contributed by atoms with E-state index in [1.54, 1.807) is 0 Å². The summed E-state index contributed by atoms with van der Waals surface area (Å²) < 4.78 is 26.0. The van der Waals surface area contributed by atoms with Gasteiger partial charge in [0.15, 0.2) is 11.6 Å². The fourth-order valence-electron chi connectivity index (χ4n) is 1.28. The van der Waals surface area contributed by atoms with Crippen molar-refractivity contribution in [2.45, 2.75) is 0 Å². The third-order valence-electron chi connectivity index (χ3n) is 2.04. The maximum atomic E-state index is 13.2. The maximum absolute atomic E-state index is 13.2. The van der Waals surface area contributed by atoms with Gasteiger partial charge < -0.3 is 5.11 Å². The number of carbonyl (C=O) groups is 1. The van der Waals surface area contributed by atoms with Crippen molar-refractivity contribution in [3.8, 4) is 0 Å². The van der Waals surface area contributed by atoms with E-state index in [1.165, 1.54) is 0 Å². The summed E-state index contributed by atoms with van der Waals surface area (Å²) in [6.07, 6.45) is 0. The molecule has 0 atom stereocenters. The smallest absolute Gasteiger partial charge is 0.360 e. The summed E-state index contributed by atoms with van der Waals surface area (Å²) in [7, 11) is 0. The Bertz CT molecular complexity index is 651. The Kier molecular flexibility index (Phi) is 2.15. The van der Waals surface area contributed by atoms with Gasteiger partial charge in [-0.3, -0.25) is 9.89 Å². The first-order valence-corrected chi connectivity index (χ1v) is 4.12. The Morgan fingerprint density at radius 3 is 2.69 bits per heavy atom. The summed E-state index contributed by atoms with van der Waals surface area (Å²) in [5.41, 5.74) is -2.17. The van der Waals surface area contributed by atoms with Crippen LogP contribution in [0.15, 0.2) is 16.9 Å². The van der Waals surface area contributed by atoms with E-state index in [2.05, 4.69) is 5.10 Å². The van der Waals surface area contributed by atoms with Crippen molar-refractivity contribution in [2.24, 2.45) is 0 Å². The summed E-state index contributed by atoms with van der Waals surface area (Å²) in [6, 6.07) is 1.75. The molecular weight excluding hydrogens is 222 g/mol. The summed E-state index contributed by atoms with van der Waals surface area (Å²) in [5, 5.41) is 13.5. The van der Waals surface area contributed by atoms with Gasteiger partial charge in [-0.15, -0.1) is 0 Å². The number of aromatic nitrogens is 2. The number of H-pyrrole nitrogens is 1. The van der Waals surface area contributed by atoms with Gasteiger partial charge in [-0.1, -0.05) is 0 Å². The lowest BCUT2D eigenvalue weighted by atomic mass is 10.2. The van der Waals surface area contributed by atoms with E-state index >= 15 is 0 Å². The van der Waals surface area contributed by atoms with Crippen molar-refractivity contribution >= 4 is 16.9 Å². The SMILES string of the molecule is O=C(O)c1n[nH]c2c(F)c(F)ccc2c1=O. The standard InChI is InChI=1S/C9H4F2N2O3/c10-4-2-1-3-6(5(4)11)12-13-7(8(3)14)9(15)16/h1-2H,(H,12,14)(H,15,16). The van der Waals surface area contributed by atoms with Gasteiger partial charge in [-0.2, -0.15) is 5.10 Å². The number of benzene rings is 1. The molecule has 1 aromatic heterocycles. The number of hydrogen-bond donors (Lipinski definition) is 2. The molecule has 82 valence electrons.